The van der Waals surface area contributed by atoms with Gasteiger partial charge in [-0.3, -0.25) is 0 Å². The van der Waals surface area contributed by atoms with Gasteiger partial charge in [-0.25, -0.2) is 46.7 Å². The molecule has 8 rings (SSSR count). The molecule has 0 spiro atoms. The summed E-state index contributed by atoms with van der Waals surface area (Å²) in [5, 5.41) is 0. The first-order chi connectivity index (χ1) is 24.2. The van der Waals surface area contributed by atoms with E-state index in [9.17, 15) is 25.9 Å². The third-order valence-electron chi connectivity index (χ3n) is 5.05. The van der Waals surface area contributed by atoms with E-state index in [1.54, 1.807) is 112 Å². The Kier molecular flexibility index (Phi) is 21.9. The minimum absolute atomic E-state index is 0. The summed E-state index contributed by atoms with van der Waals surface area (Å²) in [5.74, 6) is 0. The maximum absolute atomic E-state index is 10.8. The zero-order chi connectivity index (χ0) is 36.2. The van der Waals surface area contributed by atoms with Crippen molar-refractivity contribution >= 4 is 20.2 Å². The Morgan fingerprint density at radius 1 is 0.373 bits per heavy atom. The van der Waals surface area contributed by atoms with Gasteiger partial charge in [0.2, 0.25) is 0 Å². The van der Waals surface area contributed by atoms with E-state index >= 15 is 0 Å². The molecule has 0 atom stereocenters. The molecule has 51 heavy (non-hydrogen) atoms. The van der Waals surface area contributed by atoms with Crippen molar-refractivity contribution in [1.29, 1.82) is 0 Å². The first-order valence-corrected chi connectivity index (χ1v) is 16.7. The van der Waals surface area contributed by atoms with E-state index in [0.29, 0.717) is 11.1 Å². The fraction of sp³-hybridized carbons (Fsp3) is 0. The van der Waals surface area contributed by atoms with Crippen LogP contribution in [0.25, 0.3) is 11.1 Å². The topological polar surface area (TPSA) is 286 Å². The summed E-state index contributed by atoms with van der Waals surface area (Å²) in [4.78, 5) is 37.8. The fourth-order valence-electron chi connectivity index (χ4n) is 2.92. The number of benzene rings is 2. The van der Waals surface area contributed by atoms with Crippen LogP contribution in [-0.2, 0) is 37.0 Å². The van der Waals surface area contributed by atoms with E-state index in [4.69, 9.17) is 0 Å². The Morgan fingerprint density at radius 2 is 0.569 bits per heavy atom. The molecule has 0 aliphatic rings. The minimum atomic E-state index is -4.50. The molecule has 8 aromatic rings. The molecule has 0 unspecified atom stereocenters. The monoisotopic (exact) mass is 779 g/mol. The zero-order valence-corrected chi connectivity index (χ0v) is 29.0. The quantitative estimate of drug-likeness (QED) is 0.140. The van der Waals surface area contributed by atoms with Gasteiger partial charge in [0.05, 0.1) is 47.8 Å². The van der Waals surface area contributed by atoms with E-state index in [1.165, 1.54) is 24.3 Å². The van der Waals surface area contributed by atoms with Crippen LogP contribution in [0.1, 0.15) is 0 Å². The summed E-state index contributed by atoms with van der Waals surface area (Å²) < 4.78 is 64.7. The standard InChI is InChI=1S/C12H10O6S2.6C3H4N2.Co/c13-19(14,15)11-5-1-9(2-6-11)10-3-7-12(8-4-10)20(16,17)18;6*1-2-5-3-4-1;/h1-8H,(H,13,14,15)(H,16,17,18);6*1-3H,(H,4,5);/q;;;;;;;+2/p-2. The van der Waals surface area contributed by atoms with Gasteiger partial charge in [0.15, 0.2) is 0 Å². The number of rotatable bonds is 3. The summed E-state index contributed by atoms with van der Waals surface area (Å²) in [7, 11) is -9.00. The van der Waals surface area contributed by atoms with E-state index in [0.717, 1.165) is 24.3 Å². The fourth-order valence-corrected chi connectivity index (χ4v) is 3.86. The van der Waals surface area contributed by atoms with E-state index in [2.05, 4.69) is 59.8 Å². The molecule has 0 amide bonds. The Hall–Kier alpha value is -5.97. The van der Waals surface area contributed by atoms with Crippen molar-refractivity contribution in [2.45, 2.75) is 9.79 Å². The average molecular weight is 780 g/mol. The van der Waals surface area contributed by atoms with Crippen molar-refractivity contribution in [3.63, 3.8) is 0 Å². The molecule has 0 aliphatic carbocycles. The maximum atomic E-state index is 10.8. The van der Waals surface area contributed by atoms with Crippen LogP contribution in [0, 0.1) is 0 Å². The first kappa shape index (κ1) is 43.0. The van der Waals surface area contributed by atoms with Crippen LogP contribution in [0.15, 0.2) is 171 Å². The molecule has 1 radical (unpaired) electrons. The SMILES string of the molecule is O=S(=O)([O-])c1ccc(-c2ccc(S(=O)(=O)[O-])cc2)cc1.[Co+2].c1c[nH]cn1.c1c[nH]cn1.c1c[nH]cn1.c1c[nH]cn1.c1c[nH]cn1.c1c[nH]cn1. The number of nitrogens with zero attached hydrogens (tertiary/aromatic N) is 6. The molecule has 269 valence electrons. The number of imidazole rings is 6. The van der Waals surface area contributed by atoms with Crippen LogP contribution in [0.3, 0.4) is 0 Å². The van der Waals surface area contributed by atoms with Gasteiger partial charge < -0.3 is 39.0 Å². The molecule has 6 aromatic heterocycles. The van der Waals surface area contributed by atoms with Gasteiger partial charge in [-0.1, -0.05) is 24.3 Å². The zero-order valence-electron chi connectivity index (χ0n) is 26.3. The van der Waals surface area contributed by atoms with Gasteiger partial charge in [0, 0.05) is 74.4 Å². The maximum Gasteiger partial charge on any atom is 2.00 e. The van der Waals surface area contributed by atoms with Gasteiger partial charge in [-0.05, 0) is 35.4 Å². The summed E-state index contributed by atoms with van der Waals surface area (Å²) in [6.45, 7) is 0. The van der Waals surface area contributed by atoms with Crippen molar-refractivity contribution in [3.8, 4) is 11.1 Å². The Balaban J connectivity index is 0.000000339. The van der Waals surface area contributed by atoms with Gasteiger partial charge in [-0.2, -0.15) is 0 Å². The van der Waals surface area contributed by atoms with Crippen molar-refractivity contribution in [1.82, 2.24) is 59.8 Å². The second-order valence-electron chi connectivity index (χ2n) is 8.52. The molecular weight excluding hydrogens is 747 g/mol. The van der Waals surface area contributed by atoms with Crippen molar-refractivity contribution in [3.05, 3.63) is 161 Å². The van der Waals surface area contributed by atoms with Crippen LogP contribution in [0.2, 0.25) is 0 Å². The second-order valence-corrected chi connectivity index (χ2v) is 11.3. The molecule has 0 bridgehead atoms. The summed E-state index contributed by atoms with van der Waals surface area (Å²) in [5.41, 5.74) is 1.18. The van der Waals surface area contributed by atoms with E-state index in [1.807, 2.05) is 0 Å². The predicted octanol–water partition coefficient (Wildman–Crippen LogP) is 3.62. The van der Waals surface area contributed by atoms with Crippen LogP contribution < -0.4 is 0 Å². The molecule has 2 aromatic carbocycles. The summed E-state index contributed by atoms with van der Waals surface area (Å²) in [6, 6.07) is 10.3. The Morgan fingerprint density at radius 3 is 0.667 bits per heavy atom. The average Bonchev–Trinajstić information content (AvgIpc) is 4.01. The molecule has 6 heterocycles. The molecule has 0 aliphatic heterocycles. The number of hydrogen-bond acceptors (Lipinski definition) is 12. The number of aromatic amines is 6. The molecule has 0 saturated carbocycles. The van der Waals surface area contributed by atoms with Gasteiger partial charge in [0.25, 0.3) is 0 Å². The number of aromatic nitrogens is 12. The molecule has 0 saturated heterocycles. The Labute approximate surface area is 303 Å². The van der Waals surface area contributed by atoms with Gasteiger partial charge in [-0.15, -0.1) is 0 Å². The summed E-state index contributed by atoms with van der Waals surface area (Å²) in [6.07, 6.45) is 30.5. The molecule has 6 N–H and O–H groups in total. The van der Waals surface area contributed by atoms with Crippen LogP contribution >= 0.6 is 0 Å². The van der Waals surface area contributed by atoms with E-state index in [-0.39, 0.29) is 26.6 Å². The normalized spacial score (nSPS) is 9.53. The second kappa shape index (κ2) is 26.0. The molecular formula is C30H32CoN12O6S2. The van der Waals surface area contributed by atoms with Crippen LogP contribution in [-0.4, -0.2) is 85.7 Å². The molecule has 21 heteroatoms. The van der Waals surface area contributed by atoms with Crippen LogP contribution in [0.5, 0.6) is 0 Å². The van der Waals surface area contributed by atoms with E-state index < -0.39 is 20.2 Å². The number of nitrogens with one attached hydrogen (secondary N) is 6. The summed E-state index contributed by atoms with van der Waals surface area (Å²) >= 11 is 0. The first-order valence-electron chi connectivity index (χ1n) is 13.9. The predicted molar refractivity (Wildman–Crippen MR) is 179 cm³/mol. The molecule has 18 nitrogen and oxygen atoms in total. The number of hydrogen-bond donors (Lipinski definition) is 6. The minimum Gasteiger partial charge on any atom is -0.744 e. The van der Waals surface area contributed by atoms with Crippen molar-refractivity contribution in [2.24, 2.45) is 0 Å². The largest absolute Gasteiger partial charge is 2.00 e. The molecule has 0 fully saturated rings. The van der Waals surface area contributed by atoms with Crippen molar-refractivity contribution in [2.75, 3.05) is 0 Å². The third kappa shape index (κ3) is 21.6. The van der Waals surface area contributed by atoms with Gasteiger partial charge in [0.1, 0.15) is 20.2 Å². The van der Waals surface area contributed by atoms with Crippen LogP contribution in [0.4, 0.5) is 0 Å². The van der Waals surface area contributed by atoms with Crippen molar-refractivity contribution < 1.29 is 42.7 Å². The Bertz CT molecular complexity index is 1650. The number of H-pyrrole nitrogens is 6. The van der Waals surface area contributed by atoms with Gasteiger partial charge >= 0.3 is 16.8 Å². The third-order valence-corrected chi connectivity index (χ3v) is 6.75. The smallest absolute Gasteiger partial charge is 0.744 e.